The van der Waals surface area contributed by atoms with Gasteiger partial charge in [0.05, 0.1) is 34.5 Å². The topological polar surface area (TPSA) is 106 Å². The van der Waals surface area contributed by atoms with Crippen molar-refractivity contribution in [3.63, 3.8) is 0 Å². The lowest BCUT2D eigenvalue weighted by Gasteiger charge is -2.08. The second-order valence-electron chi connectivity index (χ2n) is 6.68. The molecule has 0 saturated carbocycles. The average molecular weight is 464 g/mol. The zero-order valence-corrected chi connectivity index (χ0v) is 17.0. The number of fused-ring (bicyclic) bond motifs is 2. The van der Waals surface area contributed by atoms with Crippen molar-refractivity contribution in [3.05, 3.63) is 75.9 Å². The Bertz CT molecular complexity index is 1450. The van der Waals surface area contributed by atoms with Crippen molar-refractivity contribution in [2.45, 2.75) is 6.54 Å². The minimum absolute atomic E-state index is 0.146. The first-order valence-corrected chi connectivity index (χ1v) is 9.84. The fraction of sp³-hybridized carbons (Fsp3) is 0.0476. The largest absolute Gasteiger partial charge is 0.461 e. The predicted octanol–water partition coefficient (Wildman–Crippen LogP) is 3.93. The summed E-state index contributed by atoms with van der Waals surface area (Å²) < 4.78 is 7.42. The molecule has 0 bridgehead atoms. The standard InChI is InChI=1S/C21H14BrN5O3/c22-12-3-5-15-14(8-12)21(29)27(11-23-15)10-19(28)24-13-4-6-16-17(9-13)26-20(25-16)18-2-1-7-30-18/h1-9,11H,10H2,(H,24,28)(H,25,26). The first-order valence-electron chi connectivity index (χ1n) is 9.05. The van der Waals surface area contributed by atoms with Crippen molar-refractivity contribution in [2.75, 3.05) is 5.32 Å². The fourth-order valence-corrected chi connectivity index (χ4v) is 3.58. The number of carbonyl (C=O) groups is 1. The summed E-state index contributed by atoms with van der Waals surface area (Å²) in [4.78, 5) is 37.1. The number of hydrogen-bond donors (Lipinski definition) is 2. The number of aromatic nitrogens is 4. The molecule has 3 aromatic heterocycles. The number of amides is 1. The summed E-state index contributed by atoms with van der Waals surface area (Å²) in [6.07, 6.45) is 2.96. The molecule has 0 radical (unpaired) electrons. The number of anilines is 1. The van der Waals surface area contributed by atoms with Crippen LogP contribution < -0.4 is 10.9 Å². The minimum Gasteiger partial charge on any atom is -0.461 e. The zero-order valence-electron chi connectivity index (χ0n) is 15.4. The van der Waals surface area contributed by atoms with Gasteiger partial charge in [-0.25, -0.2) is 9.97 Å². The average Bonchev–Trinajstić information content (AvgIpc) is 3.39. The van der Waals surface area contributed by atoms with Crippen LogP contribution in [0.5, 0.6) is 0 Å². The highest BCUT2D eigenvalue weighted by Crippen LogP contribution is 2.23. The minimum atomic E-state index is -0.335. The molecule has 30 heavy (non-hydrogen) atoms. The van der Waals surface area contributed by atoms with Crippen molar-refractivity contribution in [1.82, 2.24) is 19.5 Å². The number of H-pyrrole nitrogens is 1. The van der Waals surface area contributed by atoms with E-state index in [2.05, 4.69) is 36.2 Å². The summed E-state index contributed by atoms with van der Waals surface area (Å²) in [6, 6.07) is 14.2. The second kappa shape index (κ2) is 7.27. The molecule has 0 aliphatic heterocycles. The molecule has 3 heterocycles. The van der Waals surface area contributed by atoms with Crippen LogP contribution in [0, 0.1) is 0 Å². The Balaban J connectivity index is 1.37. The Morgan fingerprint density at radius 3 is 2.87 bits per heavy atom. The first kappa shape index (κ1) is 18.3. The molecule has 0 spiro atoms. The summed E-state index contributed by atoms with van der Waals surface area (Å²) in [7, 11) is 0. The van der Waals surface area contributed by atoms with Gasteiger partial charge >= 0.3 is 0 Å². The molecule has 0 unspecified atom stereocenters. The van der Waals surface area contributed by atoms with E-state index in [1.807, 2.05) is 12.1 Å². The molecule has 5 aromatic rings. The van der Waals surface area contributed by atoms with Gasteiger partial charge in [0, 0.05) is 10.2 Å². The van der Waals surface area contributed by atoms with Crippen molar-refractivity contribution >= 4 is 49.5 Å². The van der Waals surface area contributed by atoms with Gasteiger partial charge in [0.15, 0.2) is 11.6 Å². The Kier molecular flexibility index (Phi) is 4.44. The summed E-state index contributed by atoms with van der Waals surface area (Å²) >= 11 is 3.35. The van der Waals surface area contributed by atoms with Gasteiger partial charge in [-0.05, 0) is 48.5 Å². The number of furan rings is 1. The molecule has 0 aliphatic rings. The van der Waals surface area contributed by atoms with E-state index in [-0.39, 0.29) is 18.0 Å². The van der Waals surface area contributed by atoms with Crippen molar-refractivity contribution < 1.29 is 9.21 Å². The van der Waals surface area contributed by atoms with Crippen LogP contribution in [-0.4, -0.2) is 25.4 Å². The molecule has 1 amide bonds. The molecular formula is C21H14BrN5O3. The maximum Gasteiger partial charge on any atom is 0.261 e. The van der Waals surface area contributed by atoms with Gasteiger partial charge in [-0.3, -0.25) is 14.2 Å². The molecule has 9 heteroatoms. The van der Waals surface area contributed by atoms with E-state index in [0.29, 0.717) is 28.2 Å². The number of aromatic amines is 1. The number of carbonyl (C=O) groups excluding carboxylic acids is 1. The highest BCUT2D eigenvalue weighted by molar-refractivity contribution is 9.10. The third-order valence-corrected chi connectivity index (χ3v) is 5.11. The van der Waals surface area contributed by atoms with Gasteiger partial charge in [-0.1, -0.05) is 15.9 Å². The van der Waals surface area contributed by atoms with Crippen molar-refractivity contribution in [3.8, 4) is 11.6 Å². The number of rotatable bonds is 4. The van der Waals surface area contributed by atoms with E-state index in [0.717, 1.165) is 15.5 Å². The molecule has 0 aliphatic carbocycles. The van der Waals surface area contributed by atoms with Crippen LogP contribution in [0.1, 0.15) is 0 Å². The predicted molar refractivity (Wildman–Crippen MR) is 116 cm³/mol. The SMILES string of the molecule is O=C(Cn1cnc2ccc(Br)cc2c1=O)Nc1ccc2nc(-c3ccco3)[nH]c2c1. The molecule has 2 N–H and O–H groups in total. The highest BCUT2D eigenvalue weighted by Gasteiger charge is 2.11. The van der Waals surface area contributed by atoms with Crippen LogP contribution in [0.2, 0.25) is 0 Å². The summed E-state index contributed by atoms with van der Waals surface area (Å²) in [5, 5.41) is 3.25. The molecule has 148 valence electrons. The number of nitrogens with one attached hydrogen (secondary N) is 2. The molecule has 2 aromatic carbocycles. The molecule has 0 atom stereocenters. The monoisotopic (exact) mass is 463 g/mol. The Hall–Kier alpha value is -3.72. The maximum atomic E-state index is 12.7. The second-order valence-corrected chi connectivity index (χ2v) is 7.60. The molecule has 0 saturated heterocycles. The number of halogens is 1. The van der Waals surface area contributed by atoms with E-state index in [4.69, 9.17) is 4.42 Å². The number of hydrogen-bond acceptors (Lipinski definition) is 5. The van der Waals surface area contributed by atoms with Crippen molar-refractivity contribution in [2.24, 2.45) is 0 Å². The van der Waals surface area contributed by atoms with Gasteiger partial charge in [0.25, 0.3) is 5.56 Å². The Labute approximate surface area is 177 Å². The van der Waals surface area contributed by atoms with E-state index >= 15 is 0 Å². The lowest BCUT2D eigenvalue weighted by molar-refractivity contribution is -0.116. The molecule has 8 nitrogen and oxygen atoms in total. The summed E-state index contributed by atoms with van der Waals surface area (Å²) in [6.45, 7) is -0.146. The highest BCUT2D eigenvalue weighted by atomic mass is 79.9. The van der Waals surface area contributed by atoms with Crippen LogP contribution in [0.4, 0.5) is 5.69 Å². The van der Waals surface area contributed by atoms with Crippen LogP contribution in [0.3, 0.4) is 0 Å². The third kappa shape index (κ3) is 3.39. The van der Waals surface area contributed by atoms with Crippen LogP contribution in [-0.2, 0) is 11.3 Å². The Morgan fingerprint density at radius 2 is 2.03 bits per heavy atom. The lowest BCUT2D eigenvalue weighted by atomic mass is 10.2. The quantitative estimate of drug-likeness (QED) is 0.419. The zero-order chi connectivity index (χ0) is 20.7. The van der Waals surface area contributed by atoms with Crippen LogP contribution in [0.25, 0.3) is 33.5 Å². The maximum absolute atomic E-state index is 12.7. The van der Waals surface area contributed by atoms with Gasteiger partial charge in [0.2, 0.25) is 5.91 Å². The molecule has 0 fully saturated rings. The van der Waals surface area contributed by atoms with Gasteiger partial charge in [-0.15, -0.1) is 0 Å². The van der Waals surface area contributed by atoms with Crippen LogP contribution in [0.15, 0.2) is 74.8 Å². The summed E-state index contributed by atoms with van der Waals surface area (Å²) in [5.41, 5.74) is 2.40. The molecular weight excluding hydrogens is 450 g/mol. The summed E-state index contributed by atoms with van der Waals surface area (Å²) in [5.74, 6) is 0.906. The lowest BCUT2D eigenvalue weighted by Crippen LogP contribution is -2.27. The van der Waals surface area contributed by atoms with Gasteiger partial charge in [-0.2, -0.15) is 0 Å². The molecule has 5 rings (SSSR count). The van der Waals surface area contributed by atoms with Gasteiger partial charge < -0.3 is 14.7 Å². The first-order chi connectivity index (χ1) is 14.6. The van der Waals surface area contributed by atoms with E-state index in [9.17, 15) is 9.59 Å². The smallest absolute Gasteiger partial charge is 0.261 e. The van der Waals surface area contributed by atoms with E-state index < -0.39 is 0 Å². The van der Waals surface area contributed by atoms with Gasteiger partial charge in [0.1, 0.15) is 6.54 Å². The van der Waals surface area contributed by atoms with Crippen LogP contribution >= 0.6 is 15.9 Å². The van der Waals surface area contributed by atoms with Crippen molar-refractivity contribution in [1.29, 1.82) is 0 Å². The normalized spacial score (nSPS) is 11.2. The Morgan fingerprint density at radius 1 is 1.17 bits per heavy atom. The van der Waals surface area contributed by atoms with E-state index in [1.54, 1.807) is 42.7 Å². The fourth-order valence-electron chi connectivity index (χ4n) is 3.22. The number of benzene rings is 2. The number of nitrogens with zero attached hydrogens (tertiary/aromatic N) is 3. The third-order valence-electron chi connectivity index (χ3n) is 4.62. The number of imidazole rings is 1. The van der Waals surface area contributed by atoms with E-state index in [1.165, 1.54) is 10.9 Å².